The second kappa shape index (κ2) is 6.65. The topological polar surface area (TPSA) is 106 Å². The van der Waals surface area contributed by atoms with Gasteiger partial charge in [-0.05, 0) is 18.6 Å². The monoisotopic (exact) mass is 279 g/mol. The van der Waals surface area contributed by atoms with E-state index in [1.165, 1.54) is 0 Å². The zero-order chi connectivity index (χ0) is 14.4. The molecule has 1 aromatic carbocycles. The molecule has 1 unspecified atom stereocenters. The van der Waals surface area contributed by atoms with Crippen molar-refractivity contribution in [1.82, 2.24) is 5.32 Å². The molecule has 1 aromatic rings. The smallest absolute Gasteiger partial charge is 0.264 e. The summed E-state index contributed by atoms with van der Waals surface area (Å²) in [6, 6.07) is 7.21. The number of carbonyl (C=O) groups is 1. The van der Waals surface area contributed by atoms with E-state index in [0.29, 0.717) is 30.9 Å². The number of nitrogens with two attached hydrogens (primary N) is 1. The molecule has 0 bridgehead atoms. The number of carbonyl (C=O) groups excluding carboxylic acids is 1. The van der Waals surface area contributed by atoms with Gasteiger partial charge in [0, 0.05) is 13.0 Å². The molecule has 0 radical (unpaired) electrons. The van der Waals surface area contributed by atoms with Crippen molar-refractivity contribution >= 4 is 11.7 Å². The quantitative estimate of drug-likeness (QED) is 0.239. The Balaban J connectivity index is 1.77. The molecule has 1 heterocycles. The van der Waals surface area contributed by atoms with Crippen molar-refractivity contribution in [2.45, 2.75) is 18.9 Å². The summed E-state index contributed by atoms with van der Waals surface area (Å²) >= 11 is 0. The number of amides is 1. The van der Waals surface area contributed by atoms with Crippen molar-refractivity contribution in [3.05, 3.63) is 24.3 Å². The number of hydrogen-bond acceptors (Lipinski definition) is 5. The highest BCUT2D eigenvalue weighted by Crippen LogP contribution is 2.30. The molecular formula is C13H17N3O4. The van der Waals surface area contributed by atoms with Crippen LogP contribution in [0.1, 0.15) is 12.8 Å². The van der Waals surface area contributed by atoms with Gasteiger partial charge < -0.3 is 25.7 Å². The number of amidine groups is 1. The number of nitrogens with one attached hydrogen (secondary N) is 1. The Morgan fingerprint density at radius 2 is 2.20 bits per heavy atom. The summed E-state index contributed by atoms with van der Waals surface area (Å²) in [5, 5.41) is 14.0. The molecule has 2 rings (SSSR count). The fourth-order valence-electron chi connectivity index (χ4n) is 1.79. The van der Waals surface area contributed by atoms with Gasteiger partial charge in [-0.1, -0.05) is 17.3 Å². The van der Waals surface area contributed by atoms with Gasteiger partial charge in [0.25, 0.3) is 5.91 Å². The number of benzene rings is 1. The van der Waals surface area contributed by atoms with Crippen molar-refractivity contribution in [2.75, 3.05) is 13.2 Å². The van der Waals surface area contributed by atoms with Crippen molar-refractivity contribution < 1.29 is 19.5 Å². The molecular weight excluding hydrogens is 262 g/mol. The third-order valence-electron chi connectivity index (χ3n) is 2.84. The van der Waals surface area contributed by atoms with Crippen molar-refractivity contribution in [3.63, 3.8) is 0 Å². The molecule has 1 aliphatic rings. The Labute approximate surface area is 116 Å². The summed E-state index contributed by atoms with van der Waals surface area (Å²) < 4.78 is 11.0. The van der Waals surface area contributed by atoms with Crippen LogP contribution >= 0.6 is 0 Å². The molecule has 0 aromatic heterocycles. The maximum Gasteiger partial charge on any atom is 0.264 e. The molecule has 0 aliphatic carbocycles. The highest BCUT2D eigenvalue weighted by molar-refractivity contribution is 5.82. The molecule has 108 valence electrons. The predicted octanol–water partition coefficient (Wildman–Crippen LogP) is 0.469. The van der Waals surface area contributed by atoms with Gasteiger partial charge in [0.05, 0.1) is 0 Å². The van der Waals surface area contributed by atoms with Gasteiger partial charge in [0.2, 0.25) is 6.10 Å². The van der Waals surface area contributed by atoms with E-state index in [2.05, 4.69) is 10.5 Å². The van der Waals surface area contributed by atoms with E-state index in [1.54, 1.807) is 12.1 Å². The Hall–Kier alpha value is -2.44. The molecule has 0 saturated heterocycles. The fourth-order valence-corrected chi connectivity index (χ4v) is 1.79. The Bertz CT molecular complexity index is 504. The standard InChI is InChI=1S/C13H17N3O4/c14-12(16-18)6-3-7-15-13(17)11-8-19-9-4-1-2-5-10(9)20-11/h1-2,4-5,11,18H,3,6-8H2,(H2,14,16)(H,15,17). The number of oxime groups is 1. The van der Waals surface area contributed by atoms with Crippen LogP contribution in [0.3, 0.4) is 0 Å². The predicted molar refractivity (Wildman–Crippen MR) is 72.0 cm³/mol. The normalized spacial score (nSPS) is 17.6. The van der Waals surface area contributed by atoms with Gasteiger partial charge in [0.15, 0.2) is 11.5 Å². The van der Waals surface area contributed by atoms with Crippen LogP contribution < -0.4 is 20.5 Å². The molecule has 1 amide bonds. The number of hydrogen-bond donors (Lipinski definition) is 3. The molecule has 0 spiro atoms. The van der Waals surface area contributed by atoms with Crippen LogP contribution in [-0.4, -0.2) is 36.2 Å². The minimum absolute atomic E-state index is 0.144. The van der Waals surface area contributed by atoms with Gasteiger partial charge in [0.1, 0.15) is 12.4 Å². The van der Waals surface area contributed by atoms with Gasteiger partial charge in [-0.2, -0.15) is 0 Å². The maximum absolute atomic E-state index is 11.9. The van der Waals surface area contributed by atoms with E-state index < -0.39 is 6.10 Å². The minimum atomic E-state index is -0.659. The molecule has 7 nitrogen and oxygen atoms in total. The van der Waals surface area contributed by atoms with Crippen LogP contribution in [0.5, 0.6) is 11.5 Å². The number of rotatable bonds is 5. The zero-order valence-electron chi connectivity index (χ0n) is 10.9. The van der Waals surface area contributed by atoms with E-state index in [1.807, 2.05) is 12.1 Å². The third-order valence-corrected chi connectivity index (χ3v) is 2.84. The molecule has 7 heteroatoms. The summed E-state index contributed by atoms with van der Waals surface area (Å²) in [7, 11) is 0. The average Bonchev–Trinajstić information content (AvgIpc) is 2.50. The van der Waals surface area contributed by atoms with Gasteiger partial charge in [-0.3, -0.25) is 4.79 Å². The largest absolute Gasteiger partial charge is 0.485 e. The first-order chi connectivity index (χ1) is 9.70. The third kappa shape index (κ3) is 3.53. The second-order valence-electron chi connectivity index (χ2n) is 4.35. The fraction of sp³-hybridized carbons (Fsp3) is 0.385. The lowest BCUT2D eigenvalue weighted by molar-refractivity contribution is -0.130. The number of para-hydroxylation sites is 2. The average molecular weight is 279 g/mol. The highest BCUT2D eigenvalue weighted by Gasteiger charge is 2.26. The van der Waals surface area contributed by atoms with E-state index in [9.17, 15) is 4.79 Å². The number of nitrogens with zero attached hydrogens (tertiary/aromatic N) is 1. The van der Waals surface area contributed by atoms with Gasteiger partial charge in [-0.25, -0.2) is 0 Å². The maximum atomic E-state index is 11.9. The summed E-state index contributed by atoms with van der Waals surface area (Å²) in [5.74, 6) is 1.11. The molecule has 1 aliphatic heterocycles. The van der Waals surface area contributed by atoms with E-state index in [0.717, 1.165) is 0 Å². The molecule has 1 atom stereocenters. The van der Waals surface area contributed by atoms with E-state index in [-0.39, 0.29) is 18.3 Å². The molecule has 0 saturated carbocycles. The van der Waals surface area contributed by atoms with Crippen LogP contribution in [-0.2, 0) is 4.79 Å². The van der Waals surface area contributed by atoms with Crippen molar-refractivity contribution in [3.8, 4) is 11.5 Å². The first-order valence-corrected chi connectivity index (χ1v) is 6.33. The Morgan fingerprint density at radius 3 is 2.95 bits per heavy atom. The van der Waals surface area contributed by atoms with Crippen LogP contribution in [0, 0.1) is 0 Å². The summed E-state index contributed by atoms with van der Waals surface area (Å²) in [6.07, 6.45) is 0.349. The highest BCUT2D eigenvalue weighted by atomic mass is 16.6. The lowest BCUT2D eigenvalue weighted by Crippen LogP contribution is -2.44. The first kappa shape index (κ1) is 14.0. The molecule has 4 N–H and O–H groups in total. The SMILES string of the molecule is NC(CCCNC(=O)C1COc2ccccc2O1)=NO. The summed E-state index contributed by atoms with van der Waals surface area (Å²) in [4.78, 5) is 11.9. The zero-order valence-corrected chi connectivity index (χ0v) is 10.9. The molecule has 0 fully saturated rings. The van der Waals surface area contributed by atoms with Crippen LogP contribution in [0.2, 0.25) is 0 Å². The lowest BCUT2D eigenvalue weighted by Gasteiger charge is -2.25. The summed E-state index contributed by atoms with van der Waals surface area (Å²) in [6.45, 7) is 0.611. The number of fused-ring (bicyclic) bond motifs is 1. The Morgan fingerprint density at radius 1 is 1.45 bits per heavy atom. The van der Waals surface area contributed by atoms with Crippen molar-refractivity contribution in [2.24, 2.45) is 10.9 Å². The Kier molecular flexibility index (Phi) is 4.65. The van der Waals surface area contributed by atoms with Gasteiger partial charge in [-0.15, -0.1) is 0 Å². The van der Waals surface area contributed by atoms with Gasteiger partial charge >= 0.3 is 0 Å². The number of ether oxygens (including phenoxy) is 2. The minimum Gasteiger partial charge on any atom is -0.485 e. The summed E-state index contributed by atoms with van der Waals surface area (Å²) in [5.41, 5.74) is 5.33. The van der Waals surface area contributed by atoms with Crippen molar-refractivity contribution in [1.29, 1.82) is 0 Å². The van der Waals surface area contributed by atoms with Crippen LogP contribution in [0.15, 0.2) is 29.4 Å². The van der Waals surface area contributed by atoms with Crippen LogP contribution in [0.4, 0.5) is 0 Å². The lowest BCUT2D eigenvalue weighted by atomic mass is 10.2. The first-order valence-electron chi connectivity index (χ1n) is 6.33. The second-order valence-corrected chi connectivity index (χ2v) is 4.35. The molecule has 20 heavy (non-hydrogen) atoms. The van der Waals surface area contributed by atoms with Crippen LogP contribution in [0.25, 0.3) is 0 Å². The van der Waals surface area contributed by atoms with E-state index in [4.69, 9.17) is 20.4 Å². The van der Waals surface area contributed by atoms with E-state index >= 15 is 0 Å².